The molecule has 0 aliphatic heterocycles. The van der Waals surface area contributed by atoms with Gasteiger partial charge in [0.1, 0.15) is 0 Å². The molecule has 19 heavy (non-hydrogen) atoms. The Morgan fingerprint density at radius 1 is 0.947 bits per heavy atom. The van der Waals surface area contributed by atoms with Crippen LogP contribution in [0.15, 0.2) is 66.9 Å². The molecule has 2 rings (SSSR count). The second-order valence-corrected chi connectivity index (χ2v) is 4.18. The van der Waals surface area contributed by atoms with E-state index in [0.29, 0.717) is 0 Å². The van der Waals surface area contributed by atoms with Gasteiger partial charge in [0.25, 0.3) is 0 Å². The smallest absolute Gasteiger partial charge is 0.0637 e. The van der Waals surface area contributed by atoms with Gasteiger partial charge in [0.05, 0.1) is 10.7 Å². The van der Waals surface area contributed by atoms with E-state index in [0.717, 1.165) is 22.9 Å². The Labute approximate surface area is 124 Å². The molecule has 0 heterocycles. The monoisotopic (exact) mass is 294 g/mol. The first-order chi connectivity index (χ1) is 8.86. The summed E-state index contributed by atoms with van der Waals surface area (Å²) in [6, 6.07) is 17.7. The van der Waals surface area contributed by atoms with Gasteiger partial charge in [0.15, 0.2) is 0 Å². The summed E-state index contributed by atoms with van der Waals surface area (Å²) in [5, 5.41) is 7.17. The SMILES string of the molecule is Cl.Clc1ccccc1NCC=CNc1ccccc1. The normalized spacial score (nSPS) is 9.95. The molecule has 0 spiro atoms. The van der Waals surface area contributed by atoms with Gasteiger partial charge in [-0.1, -0.05) is 41.9 Å². The van der Waals surface area contributed by atoms with Gasteiger partial charge in [-0.15, -0.1) is 12.4 Å². The lowest BCUT2D eigenvalue weighted by atomic mass is 10.3. The second-order valence-electron chi connectivity index (χ2n) is 3.77. The Hall–Kier alpha value is -1.64. The van der Waals surface area contributed by atoms with Crippen LogP contribution in [-0.4, -0.2) is 6.54 Å². The van der Waals surface area contributed by atoms with Gasteiger partial charge < -0.3 is 10.6 Å². The molecule has 2 aromatic carbocycles. The molecule has 0 aliphatic carbocycles. The molecule has 100 valence electrons. The van der Waals surface area contributed by atoms with Gasteiger partial charge in [-0.05, 0) is 36.5 Å². The third-order valence-corrected chi connectivity index (χ3v) is 2.76. The van der Waals surface area contributed by atoms with Crippen molar-refractivity contribution in [3.05, 3.63) is 71.9 Å². The fraction of sp³-hybridized carbons (Fsp3) is 0.0667. The van der Waals surface area contributed by atoms with Gasteiger partial charge >= 0.3 is 0 Å². The number of rotatable bonds is 5. The molecule has 2 aromatic rings. The third-order valence-electron chi connectivity index (χ3n) is 2.43. The van der Waals surface area contributed by atoms with E-state index in [1.807, 2.05) is 66.9 Å². The molecule has 0 saturated carbocycles. The van der Waals surface area contributed by atoms with Gasteiger partial charge in [-0.25, -0.2) is 0 Å². The maximum absolute atomic E-state index is 6.03. The quantitative estimate of drug-likeness (QED) is 0.828. The predicted octanol–water partition coefficient (Wildman–Crippen LogP) is 4.80. The summed E-state index contributed by atoms with van der Waals surface area (Å²) >= 11 is 6.03. The van der Waals surface area contributed by atoms with Crippen molar-refractivity contribution in [2.75, 3.05) is 17.2 Å². The first-order valence-electron chi connectivity index (χ1n) is 5.81. The van der Waals surface area contributed by atoms with Crippen LogP contribution in [-0.2, 0) is 0 Å². The van der Waals surface area contributed by atoms with Crippen molar-refractivity contribution in [2.24, 2.45) is 0 Å². The first kappa shape index (κ1) is 15.4. The number of hydrogen-bond acceptors (Lipinski definition) is 2. The molecule has 2 N–H and O–H groups in total. The molecule has 0 bridgehead atoms. The van der Waals surface area contributed by atoms with Crippen LogP contribution in [0.5, 0.6) is 0 Å². The lowest BCUT2D eigenvalue weighted by Gasteiger charge is -2.05. The molecule has 4 heteroatoms. The average Bonchev–Trinajstić information content (AvgIpc) is 2.42. The van der Waals surface area contributed by atoms with E-state index in [2.05, 4.69) is 10.6 Å². The summed E-state index contributed by atoms with van der Waals surface area (Å²) in [5.74, 6) is 0. The standard InChI is InChI=1S/C15H15ClN2.ClH/c16-14-9-4-5-10-15(14)18-12-6-11-17-13-7-2-1-3-8-13;/h1-11,17-18H,12H2;1H. The Morgan fingerprint density at radius 3 is 2.37 bits per heavy atom. The van der Waals surface area contributed by atoms with Crippen LogP contribution in [0.3, 0.4) is 0 Å². The number of para-hydroxylation sites is 2. The Morgan fingerprint density at radius 2 is 1.63 bits per heavy atom. The largest absolute Gasteiger partial charge is 0.380 e. The molecule has 0 aromatic heterocycles. The number of halogens is 2. The zero-order valence-electron chi connectivity index (χ0n) is 10.3. The van der Waals surface area contributed by atoms with Crippen LogP contribution >= 0.6 is 24.0 Å². The Bertz CT molecular complexity index is 513. The number of hydrogen-bond donors (Lipinski definition) is 2. The number of nitrogens with one attached hydrogen (secondary N) is 2. The minimum atomic E-state index is 0. The minimum Gasteiger partial charge on any atom is -0.380 e. The van der Waals surface area contributed by atoms with E-state index < -0.39 is 0 Å². The van der Waals surface area contributed by atoms with Gasteiger partial charge in [0, 0.05) is 12.2 Å². The van der Waals surface area contributed by atoms with E-state index in [9.17, 15) is 0 Å². The molecule has 0 atom stereocenters. The first-order valence-corrected chi connectivity index (χ1v) is 6.19. The van der Waals surface area contributed by atoms with Crippen molar-refractivity contribution < 1.29 is 0 Å². The molecule has 0 fully saturated rings. The number of benzene rings is 2. The maximum Gasteiger partial charge on any atom is 0.0637 e. The lowest BCUT2D eigenvalue weighted by Crippen LogP contribution is -1.99. The zero-order chi connectivity index (χ0) is 12.6. The van der Waals surface area contributed by atoms with Crippen molar-refractivity contribution in [1.29, 1.82) is 0 Å². The minimum absolute atomic E-state index is 0. The van der Waals surface area contributed by atoms with E-state index in [-0.39, 0.29) is 12.4 Å². The maximum atomic E-state index is 6.03. The second kappa shape index (κ2) is 8.46. The van der Waals surface area contributed by atoms with Crippen molar-refractivity contribution in [1.82, 2.24) is 0 Å². The van der Waals surface area contributed by atoms with Crippen LogP contribution in [0.2, 0.25) is 5.02 Å². The van der Waals surface area contributed by atoms with Crippen molar-refractivity contribution in [3.8, 4) is 0 Å². The van der Waals surface area contributed by atoms with Crippen LogP contribution in [0, 0.1) is 0 Å². The van der Waals surface area contributed by atoms with E-state index in [1.54, 1.807) is 0 Å². The van der Waals surface area contributed by atoms with Crippen LogP contribution in [0.25, 0.3) is 0 Å². The summed E-state index contributed by atoms with van der Waals surface area (Å²) in [5.41, 5.74) is 2.02. The highest BCUT2D eigenvalue weighted by Gasteiger charge is 1.94. The fourth-order valence-electron chi connectivity index (χ4n) is 1.52. The molecular weight excluding hydrogens is 279 g/mol. The molecule has 0 aliphatic rings. The van der Waals surface area contributed by atoms with Crippen LogP contribution < -0.4 is 10.6 Å². The highest BCUT2D eigenvalue weighted by atomic mass is 35.5. The summed E-state index contributed by atoms with van der Waals surface area (Å²) in [7, 11) is 0. The topological polar surface area (TPSA) is 24.1 Å². The highest BCUT2D eigenvalue weighted by molar-refractivity contribution is 6.33. The van der Waals surface area contributed by atoms with Crippen molar-refractivity contribution >= 4 is 35.4 Å². The molecule has 0 radical (unpaired) electrons. The Balaban J connectivity index is 0.00000180. The molecular formula is C15H16Cl2N2. The summed E-state index contributed by atoms with van der Waals surface area (Å²) in [6.07, 6.45) is 3.93. The predicted molar refractivity (Wildman–Crippen MR) is 86.4 cm³/mol. The van der Waals surface area contributed by atoms with E-state index in [4.69, 9.17) is 11.6 Å². The van der Waals surface area contributed by atoms with E-state index in [1.165, 1.54) is 0 Å². The van der Waals surface area contributed by atoms with E-state index >= 15 is 0 Å². The van der Waals surface area contributed by atoms with Crippen LogP contribution in [0.1, 0.15) is 0 Å². The van der Waals surface area contributed by atoms with Gasteiger partial charge in [-0.3, -0.25) is 0 Å². The third kappa shape index (κ3) is 5.25. The van der Waals surface area contributed by atoms with Gasteiger partial charge in [-0.2, -0.15) is 0 Å². The molecule has 0 amide bonds. The molecule has 0 unspecified atom stereocenters. The molecule has 0 saturated heterocycles. The molecule has 2 nitrogen and oxygen atoms in total. The lowest BCUT2D eigenvalue weighted by molar-refractivity contribution is 1.33. The summed E-state index contributed by atoms with van der Waals surface area (Å²) < 4.78 is 0. The van der Waals surface area contributed by atoms with Crippen LogP contribution in [0.4, 0.5) is 11.4 Å². The number of anilines is 2. The highest BCUT2D eigenvalue weighted by Crippen LogP contribution is 2.19. The summed E-state index contributed by atoms with van der Waals surface area (Å²) in [6.45, 7) is 0.726. The average molecular weight is 295 g/mol. The van der Waals surface area contributed by atoms with Crippen molar-refractivity contribution in [2.45, 2.75) is 0 Å². The fourth-order valence-corrected chi connectivity index (χ4v) is 1.72. The summed E-state index contributed by atoms with van der Waals surface area (Å²) in [4.78, 5) is 0. The van der Waals surface area contributed by atoms with Crippen molar-refractivity contribution in [3.63, 3.8) is 0 Å². The van der Waals surface area contributed by atoms with Gasteiger partial charge in [0.2, 0.25) is 0 Å². The Kier molecular flexibility index (Phi) is 6.86. The zero-order valence-corrected chi connectivity index (χ0v) is 11.9.